The maximum atomic E-state index is 14.1. The molecule has 0 aliphatic carbocycles. The normalized spacial score (nSPS) is 11.1. The van der Waals surface area contributed by atoms with Gasteiger partial charge in [-0.2, -0.15) is 0 Å². The minimum Gasteiger partial charge on any atom is -0.383 e. The van der Waals surface area contributed by atoms with E-state index in [1.807, 2.05) is 24.0 Å². The van der Waals surface area contributed by atoms with E-state index >= 15 is 0 Å². The van der Waals surface area contributed by atoms with Crippen LogP contribution in [0.5, 0.6) is 0 Å². The van der Waals surface area contributed by atoms with E-state index in [1.54, 1.807) is 13.2 Å². The molecule has 3 nitrogen and oxygen atoms in total. The van der Waals surface area contributed by atoms with Gasteiger partial charge >= 0.3 is 0 Å². The number of anilines is 1. The van der Waals surface area contributed by atoms with E-state index in [-0.39, 0.29) is 5.82 Å². The van der Waals surface area contributed by atoms with E-state index in [2.05, 4.69) is 19.2 Å². The summed E-state index contributed by atoms with van der Waals surface area (Å²) in [5.74, 6) is -0.166. The summed E-state index contributed by atoms with van der Waals surface area (Å²) in [6, 6.07) is 5.84. The van der Waals surface area contributed by atoms with E-state index in [4.69, 9.17) is 4.74 Å². The summed E-state index contributed by atoms with van der Waals surface area (Å²) in [6.07, 6.45) is 0. The van der Waals surface area contributed by atoms with Crippen molar-refractivity contribution in [1.82, 2.24) is 5.32 Å². The zero-order valence-corrected chi connectivity index (χ0v) is 12.4. The molecule has 0 aliphatic rings. The molecule has 0 fully saturated rings. The van der Waals surface area contributed by atoms with E-state index in [0.717, 1.165) is 12.1 Å². The Morgan fingerprint density at radius 2 is 2.11 bits per heavy atom. The first-order valence-corrected chi connectivity index (χ1v) is 6.84. The number of ether oxygens (including phenoxy) is 1. The topological polar surface area (TPSA) is 24.5 Å². The number of hydrogen-bond donors (Lipinski definition) is 1. The molecule has 0 unspecified atom stereocenters. The highest BCUT2D eigenvalue weighted by Gasteiger charge is 2.10. The third-order valence-corrected chi connectivity index (χ3v) is 3.01. The Morgan fingerprint density at radius 3 is 2.63 bits per heavy atom. The maximum absolute atomic E-state index is 14.1. The Morgan fingerprint density at radius 1 is 1.37 bits per heavy atom. The van der Waals surface area contributed by atoms with E-state index in [1.165, 1.54) is 0 Å². The molecule has 0 aliphatic heterocycles. The molecule has 1 aromatic carbocycles. The number of rotatable bonds is 8. The first kappa shape index (κ1) is 15.9. The van der Waals surface area contributed by atoms with Crippen LogP contribution in [0.1, 0.15) is 26.3 Å². The highest BCUT2D eigenvalue weighted by atomic mass is 19.1. The molecule has 108 valence electrons. The monoisotopic (exact) mass is 268 g/mol. The molecule has 0 bridgehead atoms. The fourth-order valence-electron chi connectivity index (χ4n) is 1.89. The Labute approximate surface area is 115 Å². The molecule has 0 saturated heterocycles. The molecular formula is C15H25FN2O. The van der Waals surface area contributed by atoms with Gasteiger partial charge in [0.1, 0.15) is 5.82 Å². The lowest BCUT2D eigenvalue weighted by Gasteiger charge is -2.23. The van der Waals surface area contributed by atoms with Crippen molar-refractivity contribution in [3.63, 3.8) is 0 Å². The van der Waals surface area contributed by atoms with Gasteiger partial charge in [-0.15, -0.1) is 0 Å². The van der Waals surface area contributed by atoms with Gasteiger partial charge in [-0.25, -0.2) is 4.39 Å². The lowest BCUT2D eigenvalue weighted by Crippen LogP contribution is -2.28. The van der Waals surface area contributed by atoms with Gasteiger partial charge in [0.05, 0.1) is 12.3 Å². The second-order valence-electron chi connectivity index (χ2n) is 4.89. The summed E-state index contributed by atoms with van der Waals surface area (Å²) in [7, 11) is 1.66. The predicted octanol–water partition coefficient (Wildman–Crippen LogP) is 2.80. The van der Waals surface area contributed by atoms with Gasteiger partial charge in [0.15, 0.2) is 0 Å². The van der Waals surface area contributed by atoms with Crippen LogP contribution in [-0.2, 0) is 11.3 Å². The SMILES string of the molecule is CCN(CCOC)c1ccc(CNC(C)C)cc1F. The van der Waals surface area contributed by atoms with Gasteiger partial charge in [-0.05, 0) is 24.6 Å². The Bertz CT molecular complexity index is 382. The fourth-order valence-corrected chi connectivity index (χ4v) is 1.89. The first-order chi connectivity index (χ1) is 9.08. The van der Waals surface area contributed by atoms with Crippen molar-refractivity contribution in [2.24, 2.45) is 0 Å². The van der Waals surface area contributed by atoms with Crippen molar-refractivity contribution in [2.75, 3.05) is 31.7 Å². The highest BCUT2D eigenvalue weighted by Crippen LogP contribution is 2.20. The molecule has 1 aromatic rings. The van der Waals surface area contributed by atoms with Crippen LogP contribution in [-0.4, -0.2) is 32.8 Å². The number of nitrogens with one attached hydrogen (secondary N) is 1. The van der Waals surface area contributed by atoms with E-state index in [9.17, 15) is 4.39 Å². The van der Waals surface area contributed by atoms with Crippen LogP contribution in [0, 0.1) is 5.82 Å². The maximum Gasteiger partial charge on any atom is 0.146 e. The highest BCUT2D eigenvalue weighted by molar-refractivity contribution is 5.49. The van der Waals surface area contributed by atoms with Gasteiger partial charge in [0, 0.05) is 32.8 Å². The molecule has 0 atom stereocenters. The predicted molar refractivity (Wildman–Crippen MR) is 78.1 cm³/mol. The fraction of sp³-hybridized carbons (Fsp3) is 0.600. The Balaban J connectivity index is 2.74. The van der Waals surface area contributed by atoms with Crippen molar-refractivity contribution < 1.29 is 9.13 Å². The van der Waals surface area contributed by atoms with Gasteiger partial charge in [0.2, 0.25) is 0 Å². The second kappa shape index (κ2) is 8.12. The largest absolute Gasteiger partial charge is 0.383 e. The second-order valence-corrected chi connectivity index (χ2v) is 4.89. The zero-order chi connectivity index (χ0) is 14.3. The van der Waals surface area contributed by atoms with Crippen LogP contribution >= 0.6 is 0 Å². The van der Waals surface area contributed by atoms with Gasteiger partial charge in [-0.3, -0.25) is 0 Å². The molecule has 0 radical (unpaired) electrons. The van der Waals surface area contributed by atoms with Gasteiger partial charge in [0.25, 0.3) is 0 Å². The van der Waals surface area contributed by atoms with Crippen LogP contribution in [0.4, 0.5) is 10.1 Å². The zero-order valence-electron chi connectivity index (χ0n) is 12.4. The van der Waals surface area contributed by atoms with Crippen LogP contribution in [0.25, 0.3) is 0 Å². The first-order valence-electron chi connectivity index (χ1n) is 6.84. The lowest BCUT2D eigenvalue weighted by atomic mass is 10.1. The summed E-state index contributed by atoms with van der Waals surface area (Å²) < 4.78 is 19.2. The minimum absolute atomic E-state index is 0.166. The number of hydrogen-bond acceptors (Lipinski definition) is 3. The van der Waals surface area contributed by atoms with Crippen molar-refractivity contribution in [2.45, 2.75) is 33.4 Å². The standard InChI is InChI=1S/C15H25FN2O/c1-5-18(8-9-19-4)15-7-6-13(10-14(15)16)11-17-12(2)3/h6-7,10,12,17H,5,8-9,11H2,1-4H3. The quantitative estimate of drug-likeness (QED) is 0.784. The van der Waals surface area contributed by atoms with Gasteiger partial charge in [-0.1, -0.05) is 19.9 Å². The number of benzene rings is 1. The number of likely N-dealkylation sites (N-methyl/N-ethyl adjacent to an activating group) is 1. The van der Waals surface area contributed by atoms with Crippen LogP contribution in [0.15, 0.2) is 18.2 Å². The Hall–Kier alpha value is -1.13. The molecule has 1 N–H and O–H groups in total. The number of nitrogens with zero attached hydrogens (tertiary/aromatic N) is 1. The van der Waals surface area contributed by atoms with Crippen LogP contribution in [0.2, 0.25) is 0 Å². The van der Waals surface area contributed by atoms with Crippen molar-refractivity contribution >= 4 is 5.69 Å². The third kappa shape index (κ3) is 5.17. The molecular weight excluding hydrogens is 243 g/mol. The van der Waals surface area contributed by atoms with E-state index < -0.39 is 0 Å². The Kier molecular flexibility index (Phi) is 6.81. The molecule has 0 heterocycles. The summed E-state index contributed by atoms with van der Waals surface area (Å²) in [5.41, 5.74) is 1.62. The van der Waals surface area contributed by atoms with Crippen molar-refractivity contribution in [3.05, 3.63) is 29.6 Å². The van der Waals surface area contributed by atoms with E-state index in [0.29, 0.717) is 31.4 Å². The molecule has 4 heteroatoms. The number of methoxy groups -OCH3 is 1. The molecule has 0 amide bonds. The molecule has 19 heavy (non-hydrogen) atoms. The summed E-state index contributed by atoms with van der Waals surface area (Å²) in [6.45, 7) is 8.94. The van der Waals surface area contributed by atoms with Crippen LogP contribution < -0.4 is 10.2 Å². The third-order valence-electron chi connectivity index (χ3n) is 3.01. The summed E-state index contributed by atoms with van der Waals surface area (Å²) >= 11 is 0. The average Bonchev–Trinajstić information content (AvgIpc) is 2.39. The average molecular weight is 268 g/mol. The van der Waals surface area contributed by atoms with Crippen molar-refractivity contribution in [1.29, 1.82) is 0 Å². The van der Waals surface area contributed by atoms with Gasteiger partial charge < -0.3 is 15.0 Å². The lowest BCUT2D eigenvalue weighted by molar-refractivity contribution is 0.205. The summed E-state index contributed by atoms with van der Waals surface area (Å²) in [5, 5.41) is 3.29. The minimum atomic E-state index is -0.166. The smallest absolute Gasteiger partial charge is 0.146 e. The van der Waals surface area contributed by atoms with Crippen molar-refractivity contribution in [3.8, 4) is 0 Å². The molecule has 0 aromatic heterocycles. The number of halogens is 1. The molecule has 1 rings (SSSR count). The molecule has 0 spiro atoms. The van der Waals surface area contributed by atoms with Crippen LogP contribution in [0.3, 0.4) is 0 Å². The molecule has 0 saturated carbocycles. The summed E-state index contributed by atoms with van der Waals surface area (Å²) in [4.78, 5) is 1.98.